The molecule has 2 heterocycles. The first-order valence-corrected chi connectivity index (χ1v) is 12.7. The minimum Gasteiger partial charge on any atom is -0.492 e. The molecule has 2 aliphatic heterocycles. The highest BCUT2D eigenvalue weighted by atomic mass is 32.2. The van der Waals surface area contributed by atoms with Crippen molar-refractivity contribution >= 4 is 41.0 Å². The molecule has 0 saturated carbocycles. The quantitative estimate of drug-likeness (QED) is 0.347. The summed E-state index contributed by atoms with van der Waals surface area (Å²) >= 11 is 1.25. The van der Waals surface area contributed by atoms with Crippen LogP contribution in [0, 0.1) is 16.0 Å². The van der Waals surface area contributed by atoms with Gasteiger partial charge >= 0.3 is 6.03 Å². The Labute approximate surface area is 217 Å². The van der Waals surface area contributed by atoms with E-state index in [1.54, 1.807) is 37.4 Å². The lowest BCUT2D eigenvalue weighted by atomic mass is 9.96. The highest BCUT2D eigenvalue weighted by Gasteiger charge is 2.51. The minimum atomic E-state index is -0.671. The fourth-order valence-corrected chi connectivity index (χ4v) is 5.49. The molecule has 2 fully saturated rings. The summed E-state index contributed by atoms with van der Waals surface area (Å²) in [7, 11) is 3.03. The fourth-order valence-electron chi connectivity index (χ4n) is 4.38. The van der Waals surface area contributed by atoms with Crippen molar-refractivity contribution in [3.63, 3.8) is 0 Å². The molecule has 2 saturated heterocycles. The number of urea groups is 1. The molecule has 3 N–H and O–H groups in total. The fraction of sp³-hybridized carbons (Fsp3) is 0.375. The number of amides is 4. The zero-order chi connectivity index (χ0) is 26.7. The van der Waals surface area contributed by atoms with Gasteiger partial charge in [0, 0.05) is 26.2 Å². The van der Waals surface area contributed by atoms with Crippen LogP contribution in [0.15, 0.2) is 48.5 Å². The number of nitro groups is 1. The smallest absolute Gasteiger partial charge is 0.327 e. The number of carbonyl (C=O) groups excluding carboxylic acids is 3. The van der Waals surface area contributed by atoms with Gasteiger partial charge < -0.3 is 15.0 Å². The van der Waals surface area contributed by atoms with Gasteiger partial charge in [0.1, 0.15) is 5.75 Å². The van der Waals surface area contributed by atoms with Crippen molar-refractivity contribution in [3.05, 3.63) is 64.2 Å². The summed E-state index contributed by atoms with van der Waals surface area (Å²) in [4.78, 5) is 51.7. The molecule has 0 radical (unpaired) electrons. The third kappa shape index (κ3) is 5.53. The normalized spacial score (nSPS) is 23.4. The molecule has 13 heteroatoms. The topological polar surface area (TPSA) is 146 Å². The van der Waals surface area contributed by atoms with Crippen LogP contribution in [-0.2, 0) is 9.59 Å². The number of anilines is 1. The van der Waals surface area contributed by atoms with Crippen LogP contribution < -0.4 is 20.7 Å². The molecule has 0 spiro atoms. The number of nitro benzene ring substituents is 1. The number of fused-ring (bicyclic) bond motifs is 1. The van der Waals surface area contributed by atoms with Gasteiger partial charge in [-0.05, 0) is 36.8 Å². The Kier molecular flexibility index (Phi) is 7.95. The van der Waals surface area contributed by atoms with Crippen LogP contribution in [0.2, 0.25) is 0 Å². The van der Waals surface area contributed by atoms with E-state index in [0.717, 1.165) is 4.90 Å². The number of hydrogen-bond acceptors (Lipinski definition) is 9. The maximum absolute atomic E-state index is 13.1. The second kappa shape index (κ2) is 11.2. The number of imide groups is 1. The number of carbonyl (C=O) groups is 3. The van der Waals surface area contributed by atoms with Crippen LogP contribution >= 0.6 is 11.8 Å². The van der Waals surface area contributed by atoms with Crippen molar-refractivity contribution in [1.82, 2.24) is 20.4 Å². The number of para-hydroxylation sites is 2. The monoisotopic (exact) mass is 528 g/mol. The van der Waals surface area contributed by atoms with Crippen LogP contribution in [-0.4, -0.2) is 70.6 Å². The standard InChI is InChI=1S/C24H28N6O6S/c1-4-36-17-8-6-5-7-16(17)25-18(31)13-37-22-19-21(28(2)24(33)29(3)23(19)32)26-20(27-22)14-9-11-15(12-10-14)30(34)35/h5-12,19-22,26-27H,4,13H2,1-3H3,(H,25,31). The lowest BCUT2D eigenvalue weighted by Crippen LogP contribution is -2.72. The number of rotatable bonds is 8. The van der Waals surface area contributed by atoms with Crippen LogP contribution in [0.5, 0.6) is 5.75 Å². The molecule has 4 rings (SSSR count). The summed E-state index contributed by atoms with van der Waals surface area (Å²) in [6.07, 6.45) is -1.16. The van der Waals surface area contributed by atoms with Gasteiger partial charge in [-0.3, -0.25) is 35.2 Å². The van der Waals surface area contributed by atoms with E-state index < -0.39 is 34.6 Å². The summed E-state index contributed by atoms with van der Waals surface area (Å²) < 4.78 is 5.57. The second-order valence-corrected chi connectivity index (χ2v) is 9.72. The largest absolute Gasteiger partial charge is 0.492 e. The van der Waals surface area contributed by atoms with Crippen LogP contribution in [0.4, 0.5) is 16.2 Å². The van der Waals surface area contributed by atoms with Gasteiger partial charge in [0.15, 0.2) is 0 Å². The highest BCUT2D eigenvalue weighted by Crippen LogP contribution is 2.35. The molecule has 2 aromatic rings. The average Bonchev–Trinajstić information content (AvgIpc) is 2.90. The molecular formula is C24H28N6O6S. The summed E-state index contributed by atoms with van der Waals surface area (Å²) in [5.41, 5.74) is 1.19. The van der Waals surface area contributed by atoms with Crippen LogP contribution in [0.25, 0.3) is 0 Å². The van der Waals surface area contributed by atoms with Crippen molar-refractivity contribution in [2.75, 3.05) is 31.8 Å². The zero-order valence-electron chi connectivity index (χ0n) is 20.5. The molecule has 4 atom stereocenters. The van der Waals surface area contributed by atoms with Gasteiger partial charge in [0.05, 0.1) is 46.6 Å². The highest BCUT2D eigenvalue weighted by molar-refractivity contribution is 8.00. The van der Waals surface area contributed by atoms with Gasteiger partial charge in [-0.25, -0.2) is 4.79 Å². The van der Waals surface area contributed by atoms with Gasteiger partial charge in [0.25, 0.3) is 5.69 Å². The molecule has 4 unspecified atom stereocenters. The molecule has 37 heavy (non-hydrogen) atoms. The first kappa shape index (κ1) is 26.4. The van der Waals surface area contributed by atoms with Gasteiger partial charge in [-0.2, -0.15) is 0 Å². The first-order chi connectivity index (χ1) is 17.7. The Bertz CT molecular complexity index is 1190. The molecule has 196 valence electrons. The number of nitrogens with one attached hydrogen (secondary N) is 3. The summed E-state index contributed by atoms with van der Waals surface area (Å²) in [6, 6.07) is 12.7. The van der Waals surface area contributed by atoms with Crippen molar-refractivity contribution < 1.29 is 24.0 Å². The Balaban J connectivity index is 1.53. The van der Waals surface area contributed by atoms with E-state index >= 15 is 0 Å². The minimum absolute atomic E-state index is 0.0307. The molecule has 0 aromatic heterocycles. The van der Waals surface area contributed by atoms with Crippen molar-refractivity contribution in [1.29, 1.82) is 0 Å². The Morgan fingerprint density at radius 3 is 2.51 bits per heavy atom. The molecule has 4 amide bonds. The third-order valence-electron chi connectivity index (χ3n) is 6.25. The third-order valence-corrected chi connectivity index (χ3v) is 7.47. The summed E-state index contributed by atoms with van der Waals surface area (Å²) in [5.74, 6) is -0.721. The van der Waals surface area contributed by atoms with E-state index in [0.29, 0.717) is 23.6 Å². The van der Waals surface area contributed by atoms with E-state index in [1.807, 2.05) is 13.0 Å². The number of nitrogens with zero attached hydrogens (tertiary/aromatic N) is 3. The SMILES string of the molecule is CCOc1ccccc1NC(=O)CSC1NC(c2ccc([N+](=O)[O-])cc2)NC2C1C(=O)N(C)C(=O)N2C. The predicted molar refractivity (Wildman–Crippen MR) is 138 cm³/mol. The molecule has 0 aliphatic carbocycles. The van der Waals surface area contributed by atoms with Crippen LogP contribution in [0.3, 0.4) is 0 Å². The van der Waals surface area contributed by atoms with E-state index in [1.165, 1.54) is 35.8 Å². The second-order valence-electron chi connectivity index (χ2n) is 8.59. The van der Waals surface area contributed by atoms with Crippen molar-refractivity contribution in [2.45, 2.75) is 24.6 Å². The molecule has 2 aliphatic rings. The Morgan fingerprint density at radius 1 is 1.14 bits per heavy atom. The molecule has 2 aromatic carbocycles. The number of non-ortho nitro benzene ring substituents is 1. The van der Waals surface area contributed by atoms with E-state index in [4.69, 9.17) is 4.74 Å². The lowest BCUT2D eigenvalue weighted by molar-refractivity contribution is -0.384. The van der Waals surface area contributed by atoms with E-state index in [2.05, 4.69) is 16.0 Å². The van der Waals surface area contributed by atoms with Gasteiger partial charge in [-0.1, -0.05) is 12.1 Å². The molecule has 0 bridgehead atoms. The average molecular weight is 529 g/mol. The molecular weight excluding hydrogens is 500 g/mol. The number of benzene rings is 2. The Morgan fingerprint density at radius 2 is 1.84 bits per heavy atom. The van der Waals surface area contributed by atoms with Gasteiger partial charge in [0.2, 0.25) is 11.8 Å². The Hall–Kier alpha value is -3.68. The predicted octanol–water partition coefficient (Wildman–Crippen LogP) is 2.35. The maximum Gasteiger partial charge on any atom is 0.327 e. The van der Waals surface area contributed by atoms with Crippen molar-refractivity contribution in [2.24, 2.45) is 5.92 Å². The molecule has 12 nitrogen and oxygen atoms in total. The first-order valence-electron chi connectivity index (χ1n) is 11.6. The summed E-state index contributed by atoms with van der Waals surface area (Å²) in [6.45, 7) is 2.31. The summed E-state index contributed by atoms with van der Waals surface area (Å²) in [5, 5.41) is 20.0. The van der Waals surface area contributed by atoms with Crippen LogP contribution in [0.1, 0.15) is 18.7 Å². The van der Waals surface area contributed by atoms with Crippen molar-refractivity contribution in [3.8, 4) is 5.75 Å². The van der Waals surface area contributed by atoms with E-state index in [-0.39, 0.29) is 23.3 Å². The van der Waals surface area contributed by atoms with Gasteiger partial charge in [-0.15, -0.1) is 11.8 Å². The number of thioether (sulfide) groups is 1. The lowest BCUT2D eigenvalue weighted by Gasteiger charge is -2.50. The number of hydrogen-bond donors (Lipinski definition) is 3. The zero-order valence-corrected chi connectivity index (χ0v) is 21.4. The number of ether oxygens (including phenoxy) is 1. The maximum atomic E-state index is 13.1. The van der Waals surface area contributed by atoms with E-state index in [9.17, 15) is 24.5 Å².